The summed E-state index contributed by atoms with van der Waals surface area (Å²) in [7, 11) is 6.87. The highest BCUT2D eigenvalue weighted by Gasteiger charge is 2.16. The first kappa shape index (κ1) is 14.4. The fourth-order valence-electron chi connectivity index (χ4n) is 1.80. The molecule has 0 aromatic heterocycles. The summed E-state index contributed by atoms with van der Waals surface area (Å²) in [5.41, 5.74) is 6.44. The Hall–Kier alpha value is -1.62. The van der Waals surface area contributed by atoms with Crippen molar-refractivity contribution in [2.24, 2.45) is 5.73 Å². The lowest BCUT2D eigenvalue weighted by molar-refractivity contribution is 0.375. The summed E-state index contributed by atoms with van der Waals surface area (Å²) in [5, 5.41) is 0. The van der Waals surface area contributed by atoms with Crippen LogP contribution in [0.1, 0.15) is 6.42 Å². The van der Waals surface area contributed by atoms with Crippen molar-refractivity contribution < 1.29 is 14.2 Å². The number of hydrogen-bond acceptors (Lipinski definition) is 5. The molecule has 2 N–H and O–H groups in total. The number of nitrogens with zero attached hydrogens (tertiary/aromatic N) is 1. The molecule has 0 aliphatic rings. The maximum absolute atomic E-state index is 5.53. The van der Waals surface area contributed by atoms with Gasteiger partial charge in [0.05, 0.1) is 21.3 Å². The van der Waals surface area contributed by atoms with Gasteiger partial charge in [-0.2, -0.15) is 0 Å². The van der Waals surface area contributed by atoms with Gasteiger partial charge in [-0.1, -0.05) is 0 Å². The minimum absolute atomic E-state index is 0.658. The number of benzene rings is 1. The lowest BCUT2D eigenvalue weighted by atomic mass is 10.2. The quantitative estimate of drug-likeness (QED) is 0.799. The first-order valence-electron chi connectivity index (χ1n) is 5.89. The van der Waals surface area contributed by atoms with E-state index in [-0.39, 0.29) is 0 Å². The SMILES string of the molecule is COc1cc(OC)c(N(C)CCCN)c(OC)c1. The minimum Gasteiger partial charge on any atom is -0.496 e. The number of ether oxygens (including phenoxy) is 3. The highest BCUT2D eigenvalue weighted by Crippen LogP contribution is 2.40. The molecule has 0 amide bonds. The molecule has 0 atom stereocenters. The Morgan fingerprint density at radius 3 is 2.00 bits per heavy atom. The highest BCUT2D eigenvalue weighted by molar-refractivity contribution is 5.70. The zero-order chi connectivity index (χ0) is 13.5. The molecule has 1 aromatic rings. The van der Waals surface area contributed by atoms with E-state index in [1.165, 1.54) is 0 Å². The molecule has 1 aromatic carbocycles. The summed E-state index contributed by atoms with van der Waals surface area (Å²) in [5.74, 6) is 2.16. The molecule has 0 fully saturated rings. The minimum atomic E-state index is 0.658. The molecular weight excluding hydrogens is 232 g/mol. The van der Waals surface area contributed by atoms with Gasteiger partial charge in [0.15, 0.2) is 0 Å². The second-order valence-corrected chi connectivity index (χ2v) is 3.94. The summed E-state index contributed by atoms with van der Waals surface area (Å²) >= 11 is 0. The van der Waals surface area contributed by atoms with Crippen LogP contribution in [0.15, 0.2) is 12.1 Å². The lowest BCUT2D eigenvalue weighted by Gasteiger charge is -2.24. The van der Waals surface area contributed by atoms with E-state index in [0.717, 1.165) is 30.2 Å². The topological polar surface area (TPSA) is 57.0 Å². The number of rotatable bonds is 7. The molecule has 1 rings (SSSR count). The zero-order valence-corrected chi connectivity index (χ0v) is 11.5. The predicted octanol–water partition coefficient (Wildman–Crippen LogP) is 1.50. The lowest BCUT2D eigenvalue weighted by Crippen LogP contribution is -2.22. The summed E-state index contributed by atoms with van der Waals surface area (Å²) in [6.07, 6.45) is 0.912. The number of nitrogens with two attached hydrogens (primary N) is 1. The van der Waals surface area contributed by atoms with Crippen LogP contribution in [0.4, 0.5) is 5.69 Å². The molecule has 18 heavy (non-hydrogen) atoms. The molecule has 0 heterocycles. The van der Waals surface area contributed by atoms with Crippen molar-refractivity contribution in [3.63, 3.8) is 0 Å². The molecule has 0 spiro atoms. The molecule has 0 saturated carbocycles. The Bertz CT molecular complexity index is 357. The fraction of sp³-hybridized carbons (Fsp3) is 0.538. The van der Waals surface area contributed by atoms with Crippen LogP contribution in [-0.2, 0) is 0 Å². The summed E-state index contributed by atoms with van der Waals surface area (Å²) in [6.45, 7) is 1.50. The van der Waals surface area contributed by atoms with E-state index < -0.39 is 0 Å². The van der Waals surface area contributed by atoms with Crippen LogP contribution in [0.2, 0.25) is 0 Å². The van der Waals surface area contributed by atoms with Crippen molar-refractivity contribution in [3.8, 4) is 17.2 Å². The van der Waals surface area contributed by atoms with Gasteiger partial charge < -0.3 is 24.8 Å². The Morgan fingerprint density at radius 2 is 1.61 bits per heavy atom. The smallest absolute Gasteiger partial charge is 0.149 e. The molecule has 0 aliphatic carbocycles. The van der Waals surface area contributed by atoms with Gasteiger partial charge in [0.25, 0.3) is 0 Å². The predicted molar refractivity (Wildman–Crippen MR) is 73.0 cm³/mol. The number of methoxy groups -OCH3 is 3. The van der Waals surface area contributed by atoms with E-state index in [4.69, 9.17) is 19.9 Å². The normalized spacial score (nSPS) is 10.1. The van der Waals surface area contributed by atoms with E-state index in [1.807, 2.05) is 19.2 Å². The molecule has 0 unspecified atom stereocenters. The second-order valence-electron chi connectivity index (χ2n) is 3.94. The van der Waals surface area contributed by atoms with Gasteiger partial charge in [0, 0.05) is 25.7 Å². The molecule has 0 aliphatic heterocycles. The largest absolute Gasteiger partial charge is 0.496 e. The van der Waals surface area contributed by atoms with Gasteiger partial charge >= 0.3 is 0 Å². The van der Waals surface area contributed by atoms with Crippen LogP contribution in [0.25, 0.3) is 0 Å². The number of hydrogen-bond donors (Lipinski definition) is 1. The Morgan fingerprint density at radius 1 is 1.06 bits per heavy atom. The summed E-state index contributed by atoms with van der Waals surface area (Å²) in [4.78, 5) is 2.07. The van der Waals surface area contributed by atoms with Gasteiger partial charge in [-0.3, -0.25) is 0 Å². The van der Waals surface area contributed by atoms with Gasteiger partial charge in [-0.25, -0.2) is 0 Å². The van der Waals surface area contributed by atoms with E-state index in [1.54, 1.807) is 21.3 Å². The maximum atomic E-state index is 5.53. The zero-order valence-electron chi connectivity index (χ0n) is 11.5. The first-order chi connectivity index (χ1) is 8.67. The Labute approximate surface area is 108 Å². The maximum Gasteiger partial charge on any atom is 0.149 e. The average molecular weight is 254 g/mol. The fourth-order valence-corrected chi connectivity index (χ4v) is 1.80. The van der Waals surface area contributed by atoms with Gasteiger partial charge in [0.1, 0.15) is 22.9 Å². The molecule has 0 radical (unpaired) electrons. The van der Waals surface area contributed by atoms with E-state index in [0.29, 0.717) is 12.3 Å². The molecule has 5 heteroatoms. The van der Waals surface area contributed by atoms with Gasteiger partial charge in [-0.05, 0) is 13.0 Å². The van der Waals surface area contributed by atoms with Gasteiger partial charge in [-0.15, -0.1) is 0 Å². The first-order valence-corrected chi connectivity index (χ1v) is 5.89. The Balaban J connectivity index is 3.13. The van der Waals surface area contributed by atoms with E-state index >= 15 is 0 Å². The molecule has 0 saturated heterocycles. The average Bonchev–Trinajstić information content (AvgIpc) is 2.42. The monoisotopic (exact) mass is 254 g/mol. The Kier molecular flexibility index (Phi) is 5.58. The standard InChI is InChI=1S/C13H22N2O3/c1-15(7-5-6-14)13-11(17-3)8-10(16-2)9-12(13)18-4/h8-9H,5-7,14H2,1-4H3. The molecular formula is C13H22N2O3. The molecule has 102 valence electrons. The van der Waals surface area contributed by atoms with Crippen LogP contribution in [-0.4, -0.2) is 41.5 Å². The van der Waals surface area contributed by atoms with Crippen molar-refractivity contribution in [1.82, 2.24) is 0 Å². The van der Waals surface area contributed by atoms with Crippen LogP contribution in [0.5, 0.6) is 17.2 Å². The van der Waals surface area contributed by atoms with Crippen molar-refractivity contribution in [3.05, 3.63) is 12.1 Å². The van der Waals surface area contributed by atoms with E-state index in [2.05, 4.69) is 4.90 Å². The van der Waals surface area contributed by atoms with Crippen LogP contribution in [0, 0.1) is 0 Å². The third-order valence-corrected chi connectivity index (χ3v) is 2.77. The van der Waals surface area contributed by atoms with Crippen LogP contribution < -0.4 is 24.8 Å². The van der Waals surface area contributed by atoms with Crippen LogP contribution in [0.3, 0.4) is 0 Å². The third-order valence-electron chi connectivity index (χ3n) is 2.77. The third kappa shape index (κ3) is 3.20. The van der Waals surface area contributed by atoms with Crippen molar-refractivity contribution in [1.29, 1.82) is 0 Å². The second kappa shape index (κ2) is 6.96. The summed E-state index contributed by atoms with van der Waals surface area (Å²) in [6, 6.07) is 3.69. The number of anilines is 1. The molecule has 0 bridgehead atoms. The summed E-state index contributed by atoms with van der Waals surface area (Å²) < 4.78 is 16.0. The van der Waals surface area contributed by atoms with Crippen molar-refractivity contribution in [2.75, 3.05) is 46.4 Å². The van der Waals surface area contributed by atoms with Crippen molar-refractivity contribution >= 4 is 5.69 Å². The van der Waals surface area contributed by atoms with E-state index in [9.17, 15) is 0 Å². The van der Waals surface area contributed by atoms with Gasteiger partial charge in [0.2, 0.25) is 0 Å². The molecule has 5 nitrogen and oxygen atoms in total. The van der Waals surface area contributed by atoms with Crippen LogP contribution >= 0.6 is 0 Å². The van der Waals surface area contributed by atoms with Crippen molar-refractivity contribution in [2.45, 2.75) is 6.42 Å². The highest BCUT2D eigenvalue weighted by atomic mass is 16.5.